The summed E-state index contributed by atoms with van der Waals surface area (Å²) in [6, 6.07) is 56.7. The Labute approximate surface area is 291 Å². The van der Waals surface area contributed by atoms with E-state index < -0.39 is 0 Å². The smallest absolute Gasteiger partial charge is 0.238 e. The van der Waals surface area contributed by atoms with Crippen LogP contribution in [-0.4, -0.2) is 24.1 Å². The van der Waals surface area contributed by atoms with Gasteiger partial charge in [0.05, 0.1) is 22.1 Å². The van der Waals surface area contributed by atoms with Crippen LogP contribution in [-0.2, 0) is 0 Å². The molecule has 0 aliphatic heterocycles. The van der Waals surface area contributed by atoms with E-state index in [4.69, 9.17) is 19.4 Å². The van der Waals surface area contributed by atoms with E-state index in [0.29, 0.717) is 17.6 Å². The second-order valence-electron chi connectivity index (χ2n) is 12.9. The maximum Gasteiger partial charge on any atom is 0.238 e. The molecule has 0 saturated carbocycles. The Morgan fingerprint density at radius 3 is 1.73 bits per heavy atom. The van der Waals surface area contributed by atoms with Crippen LogP contribution in [0, 0.1) is 0 Å². The van der Waals surface area contributed by atoms with Crippen LogP contribution in [0.25, 0.3) is 100.0 Å². The molecule has 6 nitrogen and oxygen atoms in total. The minimum atomic E-state index is 0.546. The molecule has 0 fully saturated rings. The number of fused-ring (bicyclic) bond motifs is 9. The zero-order chi connectivity index (χ0) is 33.5. The second-order valence-corrected chi connectivity index (χ2v) is 12.9. The lowest BCUT2D eigenvalue weighted by molar-refractivity contribution is 0.669. The number of hydrogen-bond donors (Lipinski definition) is 0. The van der Waals surface area contributed by atoms with Crippen LogP contribution in [0.3, 0.4) is 0 Å². The van der Waals surface area contributed by atoms with E-state index in [0.717, 1.165) is 71.6 Å². The molecule has 11 aromatic rings. The highest BCUT2D eigenvalue weighted by atomic mass is 16.3. The summed E-state index contributed by atoms with van der Waals surface area (Å²) in [6.45, 7) is 0. The summed E-state index contributed by atoms with van der Waals surface area (Å²) in [6.07, 6.45) is 0. The predicted molar refractivity (Wildman–Crippen MR) is 207 cm³/mol. The maximum atomic E-state index is 6.38. The molecule has 0 aliphatic carbocycles. The summed E-state index contributed by atoms with van der Waals surface area (Å²) in [5.41, 5.74) is 8.85. The Kier molecular flexibility index (Phi) is 5.86. The van der Waals surface area contributed by atoms with Gasteiger partial charge in [0.1, 0.15) is 11.2 Å². The fourth-order valence-corrected chi connectivity index (χ4v) is 7.68. The fraction of sp³-hybridized carbons (Fsp3) is 0. The lowest BCUT2D eigenvalue weighted by Crippen LogP contribution is -2.06. The molecule has 0 saturated heterocycles. The van der Waals surface area contributed by atoms with E-state index in [1.54, 1.807) is 0 Å². The van der Waals surface area contributed by atoms with Gasteiger partial charge in [0, 0.05) is 55.2 Å². The highest BCUT2D eigenvalue weighted by molar-refractivity contribution is 6.17. The van der Waals surface area contributed by atoms with Crippen LogP contribution in [0.15, 0.2) is 168 Å². The molecular weight excluding hydrogens is 627 g/mol. The Hall–Kier alpha value is -7.05. The molecule has 0 atom stereocenters. The number of aromatic nitrogens is 5. The quantitative estimate of drug-likeness (QED) is 0.190. The van der Waals surface area contributed by atoms with Gasteiger partial charge in [0.2, 0.25) is 5.95 Å². The first-order valence-electron chi connectivity index (χ1n) is 17.0. The first-order chi connectivity index (χ1) is 25.3. The monoisotopic (exact) mass is 653 g/mol. The minimum Gasteiger partial charge on any atom is -0.456 e. The summed E-state index contributed by atoms with van der Waals surface area (Å²) in [7, 11) is 0. The zero-order valence-corrected chi connectivity index (χ0v) is 27.2. The average Bonchev–Trinajstić information content (AvgIpc) is 3.84. The van der Waals surface area contributed by atoms with Crippen molar-refractivity contribution in [2.45, 2.75) is 0 Å². The van der Waals surface area contributed by atoms with Crippen molar-refractivity contribution in [2.75, 3.05) is 0 Å². The lowest BCUT2D eigenvalue weighted by Gasteiger charge is -2.12. The molecule has 0 radical (unpaired) electrons. The molecule has 0 bridgehead atoms. The number of nitrogens with zero attached hydrogens (tertiary/aromatic N) is 5. The first kappa shape index (κ1) is 27.9. The van der Waals surface area contributed by atoms with E-state index in [1.165, 1.54) is 10.8 Å². The van der Waals surface area contributed by atoms with E-state index in [-0.39, 0.29) is 0 Å². The van der Waals surface area contributed by atoms with Gasteiger partial charge >= 0.3 is 0 Å². The van der Waals surface area contributed by atoms with Crippen molar-refractivity contribution in [1.82, 2.24) is 24.1 Å². The van der Waals surface area contributed by atoms with Crippen molar-refractivity contribution in [3.8, 4) is 34.4 Å². The standard InChI is InChI=1S/C45H27N5O/c1-3-13-28(14-4-1)43-46-44(29-23-24-33-31-17-7-10-20-37(31)49(39(33)25-29)30-15-5-2-6-16-30)48-45(47-43)50-38-21-11-8-18-32(38)35-26-36-34-19-9-12-22-41(34)51-42(36)27-40(35)50/h1-27H. The van der Waals surface area contributed by atoms with Gasteiger partial charge in [-0.2, -0.15) is 9.97 Å². The molecule has 7 aromatic carbocycles. The molecule has 4 aromatic heterocycles. The van der Waals surface area contributed by atoms with Gasteiger partial charge in [-0.3, -0.25) is 4.57 Å². The van der Waals surface area contributed by atoms with Crippen molar-refractivity contribution in [3.63, 3.8) is 0 Å². The van der Waals surface area contributed by atoms with Gasteiger partial charge in [-0.25, -0.2) is 4.98 Å². The molecular formula is C45H27N5O. The second kappa shape index (κ2) is 10.7. The Morgan fingerprint density at radius 1 is 0.353 bits per heavy atom. The Balaban J connectivity index is 1.20. The van der Waals surface area contributed by atoms with Gasteiger partial charge in [0.15, 0.2) is 11.6 Å². The summed E-state index contributed by atoms with van der Waals surface area (Å²) >= 11 is 0. The lowest BCUT2D eigenvalue weighted by atomic mass is 10.1. The summed E-state index contributed by atoms with van der Waals surface area (Å²) in [5.74, 6) is 1.75. The van der Waals surface area contributed by atoms with Crippen LogP contribution in [0.4, 0.5) is 0 Å². The molecule has 0 amide bonds. The third-order valence-corrected chi connectivity index (χ3v) is 9.97. The van der Waals surface area contributed by atoms with Crippen molar-refractivity contribution >= 4 is 65.6 Å². The fourth-order valence-electron chi connectivity index (χ4n) is 7.68. The highest BCUT2D eigenvalue weighted by Crippen LogP contribution is 2.39. The number of furan rings is 1. The summed E-state index contributed by atoms with van der Waals surface area (Å²) < 4.78 is 10.8. The molecule has 4 heterocycles. The van der Waals surface area contributed by atoms with Gasteiger partial charge in [-0.15, -0.1) is 0 Å². The van der Waals surface area contributed by atoms with Crippen LogP contribution in [0.2, 0.25) is 0 Å². The molecule has 0 N–H and O–H groups in total. The van der Waals surface area contributed by atoms with E-state index in [9.17, 15) is 0 Å². The van der Waals surface area contributed by atoms with E-state index in [2.05, 4.69) is 124 Å². The molecule has 0 spiro atoms. The topological polar surface area (TPSA) is 61.7 Å². The molecule has 6 heteroatoms. The SMILES string of the molecule is c1ccc(-c2nc(-c3ccc4c5ccccc5n(-c5ccccc5)c4c3)nc(-n3c4ccccc4c4cc5c(cc43)oc3ccccc35)n2)cc1. The van der Waals surface area contributed by atoms with E-state index >= 15 is 0 Å². The first-order valence-corrected chi connectivity index (χ1v) is 17.0. The van der Waals surface area contributed by atoms with Crippen LogP contribution in [0.1, 0.15) is 0 Å². The molecule has 11 rings (SSSR count). The number of para-hydroxylation sites is 4. The number of hydrogen-bond acceptors (Lipinski definition) is 4. The summed E-state index contributed by atoms with van der Waals surface area (Å²) in [4.78, 5) is 15.5. The normalized spacial score (nSPS) is 11.9. The average molecular weight is 654 g/mol. The van der Waals surface area contributed by atoms with E-state index in [1.807, 2.05) is 48.5 Å². The van der Waals surface area contributed by atoms with Gasteiger partial charge in [0.25, 0.3) is 0 Å². The van der Waals surface area contributed by atoms with Crippen molar-refractivity contribution in [2.24, 2.45) is 0 Å². The Morgan fingerprint density at radius 2 is 0.941 bits per heavy atom. The highest BCUT2D eigenvalue weighted by Gasteiger charge is 2.21. The molecule has 0 unspecified atom stereocenters. The van der Waals surface area contributed by atoms with Crippen LogP contribution < -0.4 is 0 Å². The van der Waals surface area contributed by atoms with Crippen LogP contribution in [0.5, 0.6) is 0 Å². The van der Waals surface area contributed by atoms with Crippen molar-refractivity contribution < 1.29 is 4.42 Å². The van der Waals surface area contributed by atoms with Gasteiger partial charge < -0.3 is 8.98 Å². The number of benzene rings is 7. The summed E-state index contributed by atoms with van der Waals surface area (Å²) in [5, 5.41) is 6.80. The van der Waals surface area contributed by atoms with Crippen LogP contribution >= 0.6 is 0 Å². The third-order valence-electron chi connectivity index (χ3n) is 9.97. The van der Waals surface area contributed by atoms with Crippen molar-refractivity contribution in [1.29, 1.82) is 0 Å². The molecule has 0 aliphatic rings. The minimum absolute atomic E-state index is 0.546. The molecule has 238 valence electrons. The molecule has 51 heavy (non-hydrogen) atoms. The van der Waals surface area contributed by atoms with Crippen molar-refractivity contribution in [3.05, 3.63) is 164 Å². The van der Waals surface area contributed by atoms with Gasteiger partial charge in [-0.1, -0.05) is 115 Å². The largest absolute Gasteiger partial charge is 0.456 e. The predicted octanol–water partition coefficient (Wildman–Crippen LogP) is 11.3. The van der Waals surface area contributed by atoms with Gasteiger partial charge in [-0.05, 0) is 42.5 Å². The Bertz CT molecular complexity index is 3140. The third kappa shape index (κ3) is 4.20. The maximum absolute atomic E-state index is 6.38. The zero-order valence-electron chi connectivity index (χ0n) is 27.2. The number of rotatable bonds is 4.